The maximum atomic E-state index is 12.2. The summed E-state index contributed by atoms with van der Waals surface area (Å²) in [4.78, 5) is 12.2. The maximum Gasteiger partial charge on any atom is 0.157 e. The van der Waals surface area contributed by atoms with Crippen LogP contribution in [-0.2, 0) is 4.79 Å². The highest BCUT2D eigenvalue weighted by Gasteiger charge is 2.48. The van der Waals surface area contributed by atoms with Crippen molar-refractivity contribution in [3.63, 3.8) is 0 Å². The zero-order valence-corrected chi connectivity index (χ0v) is 12.1. The maximum absolute atomic E-state index is 12.2. The van der Waals surface area contributed by atoms with Gasteiger partial charge < -0.3 is 0 Å². The van der Waals surface area contributed by atoms with Crippen LogP contribution in [0.2, 0.25) is 5.31 Å². The van der Waals surface area contributed by atoms with Gasteiger partial charge in [-0.25, -0.2) is 0 Å². The molecule has 0 saturated carbocycles. The van der Waals surface area contributed by atoms with Crippen molar-refractivity contribution in [1.82, 2.24) is 0 Å². The fourth-order valence-corrected chi connectivity index (χ4v) is 5.08. The lowest BCUT2D eigenvalue weighted by molar-refractivity contribution is -0.118. The van der Waals surface area contributed by atoms with Gasteiger partial charge in [-0.2, -0.15) is 0 Å². The van der Waals surface area contributed by atoms with Crippen molar-refractivity contribution in [2.24, 2.45) is 0 Å². The monoisotopic (exact) mass is 330 g/mol. The minimum atomic E-state index is -0.0401. The van der Waals surface area contributed by atoms with Crippen LogP contribution in [0.5, 0.6) is 0 Å². The first-order chi connectivity index (χ1) is 7.60. The number of fused-ring (bicyclic) bond motifs is 2. The second kappa shape index (κ2) is 4.83. The van der Waals surface area contributed by atoms with Crippen molar-refractivity contribution in [2.45, 2.75) is 60.0 Å². The van der Waals surface area contributed by atoms with Crippen molar-refractivity contribution >= 4 is 35.7 Å². The standard InChI is InChI=1S/C13H20BIO/c1-2-11(16)12-7-4-3-5-9-13(15,14-12)10-6-8-12/h2,14H,1,3-10H2. The Morgan fingerprint density at radius 3 is 2.50 bits per heavy atom. The van der Waals surface area contributed by atoms with Gasteiger partial charge in [0.2, 0.25) is 0 Å². The molecule has 88 valence electrons. The highest BCUT2D eigenvalue weighted by Crippen LogP contribution is 2.52. The number of carbonyl (C=O) groups excluding carboxylic acids is 1. The smallest absolute Gasteiger partial charge is 0.157 e. The lowest BCUT2D eigenvalue weighted by atomic mass is 9.36. The molecular formula is C13H20BIO. The van der Waals surface area contributed by atoms with E-state index in [0.717, 1.165) is 20.1 Å². The fourth-order valence-electron chi connectivity index (χ4n) is 3.59. The van der Waals surface area contributed by atoms with Crippen molar-refractivity contribution in [3.05, 3.63) is 12.7 Å². The van der Waals surface area contributed by atoms with Gasteiger partial charge in [-0.1, -0.05) is 54.9 Å². The Bertz CT molecular complexity index is 304. The molecule has 0 radical (unpaired) electrons. The fraction of sp³-hybridized carbons (Fsp3) is 0.769. The summed E-state index contributed by atoms with van der Waals surface area (Å²) in [6, 6.07) is 0. The number of hydrogen-bond donors (Lipinski definition) is 0. The Labute approximate surface area is 113 Å². The van der Waals surface area contributed by atoms with Gasteiger partial charge in [0.1, 0.15) is 0 Å². The van der Waals surface area contributed by atoms with Gasteiger partial charge >= 0.3 is 0 Å². The summed E-state index contributed by atoms with van der Waals surface area (Å²) in [5.74, 6) is 0.315. The van der Waals surface area contributed by atoms with E-state index in [4.69, 9.17) is 0 Å². The van der Waals surface area contributed by atoms with Crippen LogP contribution >= 0.6 is 22.6 Å². The predicted molar refractivity (Wildman–Crippen MR) is 78.7 cm³/mol. The average molecular weight is 330 g/mol. The lowest BCUT2D eigenvalue weighted by Gasteiger charge is -2.45. The molecule has 2 aliphatic rings. The molecule has 2 atom stereocenters. The van der Waals surface area contributed by atoms with Crippen LogP contribution < -0.4 is 0 Å². The van der Waals surface area contributed by atoms with Gasteiger partial charge in [-0.3, -0.25) is 4.79 Å². The highest BCUT2D eigenvalue weighted by atomic mass is 127. The van der Waals surface area contributed by atoms with Gasteiger partial charge in [-0.15, -0.1) is 0 Å². The van der Waals surface area contributed by atoms with Crippen molar-refractivity contribution < 1.29 is 4.79 Å². The van der Waals surface area contributed by atoms with E-state index in [9.17, 15) is 4.79 Å². The molecule has 2 aliphatic heterocycles. The van der Waals surface area contributed by atoms with Crippen LogP contribution in [-0.4, -0.2) is 16.4 Å². The number of ketones is 1. The van der Waals surface area contributed by atoms with Crippen molar-refractivity contribution in [3.8, 4) is 0 Å². The van der Waals surface area contributed by atoms with Crippen molar-refractivity contribution in [1.29, 1.82) is 0 Å². The van der Waals surface area contributed by atoms with Gasteiger partial charge in [0.15, 0.2) is 13.1 Å². The van der Waals surface area contributed by atoms with E-state index < -0.39 is 0 Å². The van der Waals surface area contributed by atoms with E-state index in [1.165, 1.54) is 38.5 Å². The first-order valence-corrected chi connectivity index (χ1v) is 7.54. The molecule has 0 aromatic carbocycles. The molecule has 0 N–H and O–H groups in total. The normalized spacial score (nSPS) is 39.1. The zero-order valence-electron chi connectivity index (χ0n) is 9.93. The van der Waals surface area contributed by atoms with Crippen LogP contribution in [0.25, 0.3) is 0 Å². The number of carbonyl (C=O) groups is 1. The summed E-state index contributed by atoms with van der Waals surface area (Å²) in [5.41, 5.74) is 0. The van der Waals surface area contributed by atoms with Crippen LogP contribution in [0.1, 0.15) is 51.4 Å². The van der Waals surface area contributed by atoms with Crippen molar-refractivity contribution in [2.75, 3.05) is 0 Å². The van der Waals surface area contributed by atoms with Gasteiger partial charge in [0, 0.05) is 5.31 Å². The first-order valence-electron chi connectivity index (χ1n) is 6.46. The topological polar surface area (TPSA) is 17.1 Å². The highest BCUT2D eigenvalue weighted by molar-refractivity contribution is 14.1. The van der Waals surface area contributed by atoms with Gasteiger partial charge in [0.25, 0.3) is 0 Å². The van der Waals surface area contributed by atoms with Crippen LogP contribution in [0.4, 0.5) is 0 Å². The van der Waals surface area contributed by atoms with E-state index in [-0.39, 0.29) is 5.31 Å². The number of rotatable bonds is 2. The zero-order chi connectivity index (χ0) is 11.6. The molecule has 0 aromatic rings. The lowest BCUT2D eigenvalue weighted by Crippen LogP contribution is -2.46. The van der Waals surface area contributed by atoms with E-state index in [0.29, 0.717) is 9.10 Å². The third kappa shape index (κ3) is 2.39. The molecule has 2 bridgehead atoms. The Morgan fingerprint density at radius 2 is 1.75 bits per heavy atom. The molecule has 1 nitrogen and oxygen atoms in total. The third-order valence-corrected chi connectivity index (χ3v) is 5.88. The van der Waals surface area contributed by atoms with E-state index >= 15 is 0 Å². The average Bonchev–Trinajstić information content (AvgIpc) is 2.26. The Morgan fingerprint density at radius 1 is 1.12 bits per heavy atom. The van der Waals surface area contributed by atoms with Crippen LogP contribution in [0.15, 0.2) is 12.7 Å². The van der Waals surface area contributed by atoms with E-state index in [1.54, 1.807) is 6.08 Å². The number of allylic oxidation sites excluding steroid dienone is 1. The minimum Gasteiger partial charge on any atom is -0.295 e. The molecule has 2 rings (SSSR count). The first kappa shape index (κ1) is 12.7. The largest absolute Gasteiger partial charge is 0.295 e. The van der Waals surface area contributed by atoms with Crippen LogP contribution in [0.3, 0.4) is 0 Å². The molecule has 2 heterocycles. The van der Waals surface area contributed by atoms with Crippen LogP contribution in [0, 0.1) is 0 Å². The molecule has 16 heavy (non-hydrogen) atoms. The second-order valence-electron chi connectivity index (χ2n) is 5.59. The summed E-state index contributed by atoms with van der Waals surface area (Å²) in [7, 11) is 1.10. The molecule has 0 aromatic heterocycles. The number of halogens is 1. The van der Waals surface area contributed by atoms with Gasteiger partial charge in [0.05, 0.1) is 0 Å². The Kier molecular flexibility index (Phi) is 3.82. The molecule has 0 spiro atoms. The molecule has 2 fully saturated rings. The summed E-state index contributed by atoms with van der Waals surface area (Å²) >= 11 is 2.64. The molecular weight excluding hydrogens is 310 g/mol. The summed E-state index contributed by atoms with van der Waals surface area (Å²) in [6.45, 7) is 3.70. The SMILES string of the molecule is C=CC(=O)C12BC(I)(CCCCC1)CCC2. The second-order valence-corrected chi connectivity index (χ2v) is 7.88. The molecule has 2 saturated heterocycles. The van der Waals surface area contributed by atoms with Gasteiger partial charge in [-0.05, 0) is 35.1 Å². The predicted octanol–water partition coefficient (Wildman–Crippen LogP) is 3.62. The molecule has 0 aliphatic carbocycles. The summed E-state index contributed by atoms with van der Waals surface area (Å²) in [6.07, 6.45) is 11.5. The molecule has 2 unspecified atom stereocenters. The third-order valence-electron chi connectivity index (χ3n) is 4.42. The Balaban J connectivity index is 2.26. The van der Waals surface area contributed by atoms with E-state index in [2.05, 4.69) is 29.2 Å². The Hall–Kier alpha value is 0.205. The van der Waals surface area contributed by atoms with E-state index in [1.807, 2.05) is 0 Å². The molecule has 0 amide bonds. The number of alkyl halides is 1. The molecule has 3 heteroatoms. The summed E-state index contributed by atoms with van der Waals surface area (Å²) < 4.78 is 0.398. The number of hydrogen-bond acceptors (Lipinski definition) is 1. The quantitative estimate of drug-likeness (QED) is 0.327. The summed E-state index contributed by atoms with van der Waals surface area (Å²) in [5, 5.41) is -0.0401. The minimum absolute atomic E-state index is 0.0401.